The molecule has 0 aromatic rings. The van der Waals surface area contributed by atoms with Gasteiger partial charge in [-0.2, -0.15) is 17.6 Å². The van der Waals surface area contributed by atoms with Crippen molar-refractivity contribution in [1.29, 1.82) is 0 Å². The zero-order valence-electron chi connectivity index (χ0n) is 10.3. The Hall–Kier alpha value is -0.380. The molecule has 1 unspecified atom stereocenters. The molecule has 0 aliphatic rings. The van der Waals surface area contributed by atoms with Crippen molar-refractivity contribution in [3.63, 3.8) is 0 Å². The molecular weight excluding hydrogens is 324 g/mol. The first-order chi connectivity index (χ1) is 8.94. The van der Waals surface area contributed by atoms with Gasteiger partial charge >= 0.3 is 26.1 Å². The van der Waals surface area contributed by atoms with Gasteiger partial charge in [-0.15, -0.1) is 0 Å². The average Bonchev–Trinajstić information content (AvgIpc) is 2.28. The van der Waals surface area contributed by atoms with Gasteiger partial charge in [0.1, 0.15) is 0 Å². The van der Waals surface area contributed by atoms with Crippen LogP contribution in [0.2, 0.25) is 0 Å². The summed E-state index contributed by atoms with van der Waals surface area (Å²) in [6.07, 6.45) is -9.16. The molecule has 0 amide bonds. The second-order valence-electron chi connectivity index (χ2n) is 3.25. The molecule has 0 rings (SSSR count). The molecule has 12 heteroatoms. The molecular formula is C8H12F7O4P. The zero-order chi connectivity index (χ0) is 16.2. The summed E-state index contributed by atoms with van der Waals surface area (Å²) in [5.41, 5.74) is 0. The van der Waals surface area contributed by atoms with Crippen molar-refractivity contribution >= 4 is 7.82 Å². The minimum Gasteiger partial charge on any atom is -0.287 e. The fourth-order valence-electron chi connectivity index (χ4n) is 0.891. The molecule has 0 heterocycles. The van der Waals surface area contributed by atoms with Crippen LogP contribution in [0.3, 0.4) is 0 Å². The van der Waals surface area contributed by atoms with Crippen molar-refractivity contribution in [3.05, 3.63) is 0 Å². The summed E-state index contributed by atoms with van der Waals surface area (Å²) >= 11 is 0. The first kappa shape index (κ1) is 19.6. The van der Waals surface area contributed by atoms with E-state index < -0.39 is 45.7 Å². The molecule has 0 N–H and O–H groups in total. The number of alkyl halides is 7. The van der Waals surface area contributed by atoms with Crippen LogP contribution >= 0.6 is 7.82 Å². The van der Waals surface area contributed by atoms with Crippen molar-refractivity contribution in [1.82, 2.24) is 0 Å². The van der Waals surface area contributed by atoms with Crippen LogP contribution in [0.4, 0.5) is 30.7 Å². The van der Waals surface area contributed by atoms with E-state index in [1.807, 2.05) is 0 Å². The first-order valence-electron chi connectivity index (χ1n) is 5.20. The van der Waals surface area contributed by atoms with Crippen LogP contribution in [0, 0.1) is 0 Å². The first-order valence-corrected chi connectivity index (χ1v) is 6.66. The van der Waals surface area contributed by atoms with Gasteiger partial charge in [-0.3, -0.25) is 9.05 Å². The Morgan fingerprint density at radius 1 is 0.950 bits per heavy atom. The topological polar surface area (TPSA) is 44.8 Å². The summed E-state index contributed by atoms with van der Waals surface area (Å²) in [6.45, 7) is 1.52. The van der Waals surface area contributed by atoms with E-state index >= 15 is 0 Å². The molecule has 0 spiro atoms. The van der Waals surface area contributed by atoms with Gasteiger partial charge in [0.15, 0.2) is 0 Å². The maximum absolute atomic E-state index is 13.1. The molecule has 0 radical (unpaired) electrons. The van der Waals surface area contributed by atoms with Gasteiger partial charge in [0, 0.05) is 0 Å². The highest BCUT2D eigenvalue weighted by atomic mass is 31.2. The highest BCUT2D eigenvalue weighted by Gasteiger charge is 2.69. The van der Waals surface area contributed by atoms with E-state index in [4.69, 9.17) is 0 Å². The summed E-state index contributed by atoms with van der Waals surface area (Å²) in [4.78, 5) is 0. The van der Waals surface area contributed by atoms with Crippen LogP contribution < -0.4 is 0 Å². The van der Waals surface area contributed by atoms with E-state index in [1.54, 1.807) is 0 Å². The normalized spacial score (nSPS) is 15.7. The Morgan fingerprint density at radius 2 is 1.35 bits per heavy atom. The average molecular weight is 336 g/mol. The Bertz CT molecular complexity index is 342. The van der Waals surface area contributed by atoms with Gasteiger partial charge < -0.3 is 0 Å². The van der Waals surface area contributed by atoms with E-state index in [9.17, 15) is 35.3 Å². The lowest BCUT2D eigenvalue weighted by atomic mass is 10.2. The van der Waals surface area contributed by atoms with E-state index in [0.717, 1.165) is 0 Å². The minimum atomic E-state index is -6.02. The van der Waals surface area contributed by atoms with Crippen LogP contribution in [0.1, 0.15) is 13.8 Å². The lowest BCUT2D eigenvalue weighted by Crippen LogP contribution is -2.53. The van der Waals surface area contributed by atoms with Gasteiger partial charge in [0.25, 0.3) is 6.36 Å². The number of hydrogen-bond acceptors (Lipinski definition) is 4. The Kier molecular flexibility index (Phi) is 6.92. The van der Waals surface area contributed by atoms with Crippen molar-refractivity contribution < 1.29 is 48.9 Å². The van der Waals surface area contributed by atoms with Gasteiger partial charge in [-0.1, -0.05) is 0 Å². The highest BCUT2D eigenvalue weighted by molar-refractivity contribution is 7.48. The molecule has 0 aliphatic carbocycles. The molecule has 20 heavy (non-hydrogen) atoms. The summed E-state index contributed by atoms with van der Waals surface area (Å²) in [7, 11) is -4.90. The van der Waals surface area contributed by atoms with E-state index in [2.05, 4.69) is 13.6 Å². The van der Waals surface area contributed by atoms with E-state index in [0.29, 0.717) is 0 Å². The molecule has 0 aromatic heterocycles. The maximum atomic E-state index is 13.1. The third kappa shape index (κ3) is 4.31. The number of phosphoric acid groups is 1. The van der Waals surface area contributed by atoms with E-state index in [-0.39, 0.29) is 0 Å². The lowest BCUT2D eigenvalue weighted by molar-refractivity contribution is -0.313. The Labute approximate surface area is 109 Å². The lowest BCUT2D eigenvalue weighted by Gasteiger charge is -2.29. The fourth-order valence-corrected chi connectivity index (χ4v) is 2.08. The fraction of sp³-hybridized carbons (Fsp3) is 1.00. The van der Waals surface area contributed by atoms with Crippen molar-refractivity contribution in [2.75, 3.05) is 13.2 Å². The number of hydrogen-bond donors (Lipinski definition) is 0. The predicted octanol–water partition coefficient (Wildman–Crippen LogP) is 4.02. The third-order valence-electron chi connectivity index (χ3n) is 1.80. The molecule has 0 bridgehead atoms. The molecule has 0 saturated carbocycles. The second-order valence-corrected chi connectivity index (χ2v) is 4.87. The maximum Gasteiger partial charge on any atom is 0.477 e. The molecule has 122 valence electrons. The van der Waals surface area contributed by atoms with Crippen LogP contribution in [0.5, 0.6) is 0 Å². The van der Waals surface area contributed by atoms with Crippen LogP contribution in [0.15, 0.2) is 0 Å². The quantitative estimate of drug-likeness (QED) is 0.471. The Balaban J connectivity index is 5.14. The van der Waals surface area contributed by atoms with Crippen LogP contribution in [-0.4, -0.2) is 37.8 Å². The SMILES string of the molecule is CCOP(=O)(OCC)OC(F)C(F)(F)C(F)(F)C(F)F. The largest absolute Gasteiger partial charge is 0.477 e. The van der Waals surface area contributed by atoms with Crippen molar-refractivity contribution in [2.45, 2.75) is 38.5 Å². The van der Waals surface area contributed by atoms with Crippen LogP contribution in [-0.2, 0) is 18.1 Å². The molecule has 0 aliphatic heterocycles. The third-order valence-corrected chi connectivity index (χ3v) is 3.39. The summed E-state index contributed by atoms with van der Waals surface area (Å²) in [5.74, 6) is -11.9. The van der Waals surface area contributed by atoms with Gasteiger partial charge in [-0.05, 0) is 13.8 Å². The monoisotopic (exact) mass is 336 g/mol. The Morgan fingerprint density at radius 3 is 1.65 bits per heavy atom. The summed E-state index contributed by atoms with van der Waals surface area (Å²) in [5, 5.41) is 0. The molecule has 1 atom stereocenters. The van der Waals surface area contributed by atoms with Gasteiger partial charge in [0.2, 0.25) is 0 Å². The minimum absolute atomic E-state index is 0.444. The summed E-state index contributed by atoms with van der Waals surface area (Å²) < 4.78 is 111. The number of rotatable bonds is 9. The summed E-state index contributed by atoms with van der Waals surface area (Å²) in [6, 6.07) is 0. The predicted molar refractivity (Wildman–Crippen MR) is 52.7 cm³/mol. The number of phosphoric ester groups is 1. The van der Waals surface area contributed by atoms with Crippen molar-refractivity contribution in [3.8, 4) is 0 Å². The molecule has 4 nitrogen and oxygen atoms in total. The van der Waals surface area contributed by atoms with Crippen LogP contribution in [0.25, 0.3) is 0 Å². The number of halogens is 7. The van der Waals surface area contributed by atoms with E-state index in [1.165, 1.54) is 13.8 Å². The zero-order valence-corrected chi connectivity index (χ0v) is 11.2. The van der Waals surface area contributed by atoms with Gasteiger partial charge in [-0.25, -0.2) is 22.3 Å². The standard InChI is InChI=1S/C8H12F7O4P/c1-3-17-20(16,18-4-2)19-6(11)8(14,15)7(12,13)5(9)10/h5-6H,3-4H2,1-2H3. The molecule has 0 fully saturated rings. The second kappa shape index (κ2) is 7.06. The molecule has 0 aromatic carbocycles. The smallest absolute Gasteiger partial charge is 0.287 e. The van der Waals surface area contributed by atoms with Gasteiger partial charge in [0.05, 0.1) is 13.2 Å². The van der Waals surface area contributed by atoms with Crippen molar-refractivity contribution in [2.24, 2.45) is 0 Å². The highest BCUT2D eigenvalue weighted by Crippen LogP contribution is 2.54. The molecule has 0 saturated heterocycles.